The molecule has 0 bridgehead atoms. The van der Waals surface area contributed by atoms with Crippen molar-refractivity contribution in [3.8, 4) is 0 Å². The fraction of sp³-hybridized carbons (Fsp3) is 0.0455. The highest BCUT2D eigenvalue weighted by atomic mass is 19.1. The lowest BCUT2D eigenvalue weighted by molar-refractivity contribution is -0.384. The zero-order valence-electron chi connectivity index (χ0n) is 15.9. The monoisotopic (exact) mass is 423 g/mol. The molecule has 1 heterocycles. The molecule has 2 N–H and O–H groups in total. The first-order valence-corrected chi connectivity index (χ1v) is 9.17. The van der Waals surface area contributed by atoms with Gasteiger partial charge in [-0.3, -0.25) is 10.1 Å². The zero-order chi connectivity index (χ0) is 22.0. The first kappa shape index (κ1) is 20.0. The summed E-state index contributed by atoms with van der Waals surface area (Å²) in [5, 5.41) is 17.4. The van der Waals surface area contributed by atoms with Crippen LogP contribution in [0.1, 0.15) is 5.56 Å². The maximum Gasteiger partial charge on any atom is 0.338 e. The van der Waals surface area contributed by atoms with Crippen LogP contribution in [0.5, 0.6) is 0 Å². The number of benzene rings is 3. The van der Waals surface area contributed by atoms with E-state index in [9.17, 15) is 23.7 Å². The van der Waals surface area contributed by atoms with Gasteiger partial charge in [-0.1, -0.05) is 6.07 Å². The van der Waals surface area contributed by atoms with Crippen molar-refractivity contribution in [1.82, 2.24) is 0 Å². The van der Waals surface area contributed by atoms with Crippen molar-refractivity contribution in [2.75, 3.05) is 10.6 Å². The first-order chi connectivity index (χ1) is 14.9. The Bertz CT molecular complexity index is 1320. The van der Waals surface area contributed by atoms with Crippen LogP contribution < -0.4 is 16.3 Å². The number of nitrogens with one attached hydrogen (secondary N) is 2. The van der Waals surface area contributed by atoms with Crippen LogP contribution in [-0.2, 0) is 6.54 Å². The SMILES string of the molecule is O=c1cc(Nc2ccc(NCc3c(F)cccc3F)cc2)c2cc([N+](=O)[O-])ccc2o1. The third kappa shape index (κ3) is 4.35. The van der Waals surface area contributed by atoms with Gasteiger partial charge in [-0.15, -0.1) is 0 Å². The summed E-state index contributed by atoms with van der Waals surface area (Å²) in [5.74, 6) is -1.26. The Morgan fingerprint density at radius 2 is 1.61 bits per heavy atom. The molecular formula is C22H15F2N3O4. The Labute approximate surface area is 174 Å². The second-order valence-electron chi connectivity index (χ2n) is 6.67. The number of non-ortho nitro benzene ring substituents is 1. The highest BCUT2D eigenvalue weighted by Gasteiger charge is 2.12. The van der Waals surface area contributed by atoms with E-state index >= 15 is 0 Å². The molecule has 0 spiro atoms. The number of rotatable bonds is 6. The average Bonchev–Trinajstić information content (AvgIpc) is 2.74. The molecule has 0 atom stereocenters. The second-order valence-corrected chi connectivity index (χ2v) is 6.67. The fourth-order valence-corrected chi connectivity index (χ4v) is 3.09. The summed E-state index contributed by atoms with van der Waals surface area (Å²) in [6.45, 7) is -0.0285. The largest absolute Gasteiger partial charge is 0.423 e. The van der Waals surface area contributed by atoms with Crippen molar-refractivity contribution in [1.29, 1.82) is 0 Å². The maximum absolute atomic E-state index is 13.7. The summed E-state index contributed by atoms with van der Waals surface area (Å²) in [6, 6.07) is 15.6. The average molecular weight is 423 g/mol. The summed E-state index contributed by atoms with van der Waals surface area (Å²) in [4.78, 5) is 22.4. The molecule has 4 rings (SSSR count). The molecule has 0 saturated heterocycles. The second kappa shape index (κ2) is 8.23. The molecule has 3 aromatic carbocycles. The third-order valence-corrected chi connectivity index (χ3v) is 4.63. The van der Waals surface area contributed by atoms with Gasteiger partial charge in [-0.2, -0.15) is 0 Å². The van der Waals surface area contributed by atoms with E-state index in [4.69, 9.17) is 4.42 Å². The van der Waals surface area contributed by atoms with E-state index in [1.165, 1.54) is 42.5 Å². The van der Waals surface area contributed by atoms with Gasteiger partial charge in [0, 0.05) is 47.1 Å². The van der Waals surface area contributed by atoms with Crippen LogP contribution in [0.2, 0.25) is 0 Å². The normalized spacial score (nSPS) is 10.8. The van der Waals surface area contributed by atoms with E-state index in [0.717, 1.165) is 0 Å². The van der Waals surface area contributed by atoms with E-state index in [-0.39, 0.29) is 23.4 Å². The third-order valence-electron chi connectivity index (χ3n) is 4.63. The molecule has 9 heteroatoms. The summed E-state index contributed by atoms with van der Waals surface area (Å²) in [5.41, 5.74) is 0.990. The summed E-state index contributed by atoms with van der Waals surface area (Å²) in [6.07, 6.45) is 0. The van der Waals surface area contributed by atoms with E-state index in [2.05, 4.69) is 10.6 Å². The molecule has 4 aromatic rings. The number of anilines is 3. The molecular weight excluding hydrogens is 408 g/mol. The Hall–Kier alpha value is -4.27. The molecule has 0 aliphatic heterocycles. The van der Waals surface area contributed by atoms with Crippen molar-refractivity contribution < 1.29 is 18.1 Å². The molecule has 0 unspecified atom stereocenters. The van der Waals surface area contributed by atoms with Crippen LogP contribution in [-0.4, -0.2) is 4.92 Å². The molecule has 0 radical (unpaired) electrons. The van der Waals surface area contributed by atoms with Crippen molar-refractivity contribution in [3.05, 3.63) is 104 Å². The maximum atomic E-state index is 13.7. The van der Waals surface area contributed by atoms with E-state index in [0.29, 0.717) is 22.4 Å². The van der Waals surface area contributed by atoms with Crippen LogP contribution >= 0.6 is 0 Å². The molecule has 156 valence electrons. The van der Waals surface area contributed by atoms with Crippen LogP contribution in [0.15, 0.2) is 75.9 Å². The number of halogens is 2. The van der Waals surface area contributed by atoms with Gasteiger partial charge in [-0.05, 0) is 42.5 Å². The lowest BCUT2D eigenvalue weighted by Crippen LogP contribution is -2.04. The van der Waals surface area contributed by atoms with E-state index in [1.54, 1.807) is 24.3 Å². The number of nitro groups is 1. The number of nitrogens with zero attached hydrogens (tertiary/aromatic N) is 1. The molecule has 0 amide bonds. The number of hydrogen-bond donors (Lipinski definition) is 2. The minimum absolute atomic E-state index is 0.0285. The molecule has 0 aliphatic carbocycles. The van der Waals surface area contributed by atoms with Crippen LogP contribution in [0.4, 0.5) is 31.5 Å². The van der Waals surface area contributed by atoms with E-state index in [1.807, 2.05) is 0 Å². The van der Waals surface area contributed by atoms with Crippen LogP contribution in [0.25, 0.3) is 11.0 Å². The topological polar surface area (TPSA) is 97.4 Å². The van der Waals surface area contributed by atoms with Crippen LogP contribution in [0, 0.1) is 21.7 Å². The minimum Gasteiger partial charge on any atom is -0.423 e. The molecule has 1 aromatic heterocycles. The number of nitro benzene ring substituents is 1. The van der Waals surface area contributed by atoms with Gasteiger partial charge in [0.05, 0.1) is 10.6 Å². The van der Waals surface area contributed by atoms with Gasteiger partial charge in [0.2, 0.25) is 0 Å². The van der Waals surface area contributed by atoms with Gasteiger partial charge in [0.1, 0.15) is 17.2 Å². The molecule has 7 nitrogen and oxygen atoms in total. The van der Waals surface area contributed by atoms with Gasteiger partial charge in [-0.25, -0.2) is 13.6 Å². The van der Waals surface area contributed by atoms with Crippen molar-refractivity contribution in [2.45, 2.75) is 6.54 Å². The smallest absolute Gasteiger partial charge is 0.338 e. The molecule has 0 saturated carbocycles. The Morgan fingerprint density at radius 3 is 2.29 bits per heavy atom. The summed E-state index contributed by atoms with van der Waals surface area (Å²) >= 11 is 0. The standard InChI is InChI=1S/C22H15F2N3O4/c23-18-2-1-3-19(24)17(18)12-25-13-4-6-14(7-5-13)26-20-11-22(28)31-21-9-8-15(27(29)30)10-16(20)21/h1-11,25-26H,12H2. The lowest BCUT2D eigenvalue weighted by atomic mass is 10.1. The zero-order valence-corrected chi connectivity index (χ0v) is 15.9. The van der Waals surface area contributed by atoms with Crippen LogP contribution in [0.3, 0.4) is 0 Å². The van der Waals surface area contributed by atoms with E-state index < -0.39 is 22.2 Å². The number of hydrogen-bond acceptors (Lipinski definition) is 6. The quantitative estimate of drug-likeness (QED) is 0.247. The predicted molar refractivity (Wildman–Crippen MR) is 113 cm³/mol. The van der Waals surface area contributed by atoms with Crippen molar-refractivity contribution >= 4 is 33.7 Å². The lowest BCUT2D eigenvalue weighted by Gasteiger charge is -2.11. The fourth-order valence-electron chi connectivity index (χ4n) is 3.09. The minimum atomic E-state index is -0.630. The molecule has 0 fully saturated rings. The molecule has 31 heavy (non-hydrogen) atoms. The Balaban J connectivity index is 1.55. The first-order valence-electron chi connectivity index (χ1n) is 9.17. The van der Waals surface area contributed by atoms with Gasteiger partial charge in [0.15, 0.2) is 0 Å². The summed E-state index contributed by atoms with van der Waals surface area (Å²) in [7, 11) is 0. The highest BCUT2D eigenvalue weighted by molar-refractivity contribution is 5.93. The number of fused-ring (bicyclic) bond motifs is 1. The van der Waals surface area contributed by atoms with Crippen molar-refractivity contribution in [2.24, 2.45) is 0 Å². The highest BCUT2D eigenvalue weighted by Crippen LogP contribution is 2.29. The Morgan fingerprint density at radius 1 is 0.935 bits per heavy atom. The predicted octanol–water partition coefficient (Wildman–Crippen LogP) is 5.34. The van der Waals surface area contributed by atoms with Crippen molar-refractivity contribution in [3.63, 3.8) is 0 Å². The van der Waals surface area contributed by atoms with Gasteiger partial charge >= 0.3 is 5.63 Å². The Kier molecular flexibility index (Phi) is 5.31. The van der Waals surface area contributed by atoms with Gasteiger partial charge in [0.25, 0.3) is 5.69 Å². The molecule has 0 aliphatic rings. The van der Waals surface area contributed by atoms with Gasteiger partial charge < -0.3 is 15.1 Å². The summed E-state index contributed by atoms with van der Waals surface area (Å²) < 4.78 is 32.6.